The summed E-state index contributed by atoms with van der Waals surface area (Å²) in [6.45, 7) is -0.0270. The third kappa shape index (κ3) is 3.78. The van der Waals surface area contributed by atoms with Crippen LogP contribution in [-0.2, 0) is 19.9 Å². The smallest absolute Gasteiger partial charge is 0.240 e. The fraction of sp³-hybridized carbons (Fsp3) is 0.500. The van der Waals surface area contributed by atoms with Crippen LogP contribution in [0.2, 0.25) is 0 Å². The molecule has 2 rings (SSSR count). The number of hydrogen-bond donors (Lipinski definition) is 2. The van der Waals surface area contributed by atoms with Gasteiger partial charge in [0.05, 0.1) is 15.9 Å². The summed E-state index contributed by atoms with van der Waals surface area (Å²) < 4.78 is 48.9. The molecule has 0 heterocycles. The van der Waals surface area contributed by atoms with Crippen molar-refractivity contribution in [1.82, 2.24) is 4.72 Å². The van der Waals surface area contributed by atoms with Gasteiger partial charge < -0.3 is 5.11 Å². The number of rotatable bonds is 6. The van der Waals surface area contributed by atoms with Crippen LogP contribution >= 0.6 is 0 Å². The van der Waals surface area contributed by atoms with Crippen molar-refractivity contribution in [2.24, 2.45) is 5.92 Å². The van der Waals surface area contributed by atoms with Gasteiger partial charge in [-0.1, -0.05) is 0 Å². The number of benzene rings is 1. The molecule has 0 aromatic heterocycles. The van der Waals surface area contributed by atoms with E-state index in [1.165, 1.54) is 24.3 Å². The molecule has 112 valence electrons. The molecule has 0 amide bonds. The van der Waals surface area contributed by atoms with Gasteiger partial charge in [0.25, 0.3) is 0 Å². The van der Waals surface area contributed by atoms with E-state index in [4.69, 9.17) is 0 Å². The minimum atomic E-state index is -3.73. The molecular formula is C12H17NO5S2. The van der Waals surface area contributed by atoms with E-state index in [0.717, 1.165) is 19.1 Å². The summed E-state index contributed by atoms with van der Waals surface area (Å²) >= 11 is 0. The molecule has 1 aliphatic carbocycles. The maximum absolute atomic E-state index is 12.0. The zero-order valence-corrected chi connectivity index (χ0v) is 12.6. The Bertz CT molecular complexity index is 675. The second-order valence-corrected chi connectivity index (χ2v) is 8.78. The highest BCUT2D eigenvalue weighted by Gasteiger charge is 2.30. The maximum atomic E-state index is 12.0. The van der Waals surface area contributed by atoms with Crippen molar-refractivity contribution in [2.75, 3.05) is 12.8 Å². The molecule has 1 aromatic carbocycles. The van der Waals surface area contributed by atoms with Gasteiger partial charge in [0.2, 0.25) is 10.0 Å². The third-order valence-electron chi connectivity index (χ3n) is 3.21. The van der Waals surface area contributed by atoms with Crippen molar-refractivity contribution in [3.63, 3.8) is 0 Å². The molecule has 1 aromatic rings. The number of aliphatic hydroxyl groups is 1. The van der Waals surface area contributed by atoms with E-state index in [9.17, 15) is 21.9 Å². The predicted molar refractivity (Wildman–Crippen MR) is 73.5 cm³/mol. The first-order valence-electron chi connectivity index (χ1n) is 6.18. The van der Waals surface area contributed by atoms with E-state index in [2.05, 4.69) is 4.72 Å². The lowest BCUT2D eigenvalue weighted by molar-refractivity contribution is 0.155. The summed E-state index contributed by atoms with van der Waals surface area (Å²) in [5.74, 6) is 0.185. The molecule has 1 atom stereocenters. The molecule has 1 unspecified atom stereocenters. The van der Waals surface area contributed by atoms with Crippen molar-refractivity contribution in [2.45, 2.75) is 28.7 Å². The van der Waals surface area contributed by atoms with Crippen LogP contribution in [-0.4, -0.2) is 40.8 Å². The summed E-state index contributed by atoms with van der Waals surface area (Å²) in [6.07, 6.45) is 2.23. The lowest BCUT2D eigenvalue weighted by atomic mass is 10.2. The highest BCUT2D eigenvalue weighted by molar-refractivity contribution is 7.90. The van der Waals surface area contributed by atoms with Crippen molar-refractivity contribution in [3.05, 3.63) is 24.3 Å². The Morgan fingerprint density at radius 2 is 1.65 bits per heavy atom. The third-order valence-corrected chi connectivity index (χ3v) is 5.78. The highest BCUT2D eigenvalue weighted by atomic mass is 32.2. The van der Waals surface area contributed by atoms with Gasteiger partial charge >= 0.3 is 0 Å². The Balaban J connectivity index is 2.09. The largest absolute Gasteiger partial charge is 0.391 e. The monoisotopic (exact) mass is 319 g/mol. The minimum Gasteiger partial charge on any atom is -0.391 e. The number of hydrogen-bond acceptors (Lipinski definition) is 5. The zero-order chi connectivity index (χ0) is 15.0. The minimum absolute atomic E-state index is 0.0205. The van der Waals surface area contributed by atoms with Crippen LogP contribution in [0.3, 0.4) is 0 Å². The quantitative estimate of drug-likeness (QED) is 0.777. The van der Waals surface area contributed by atoms with Crippen LogP contribution in [0.25, 0.3) is 0 Å². The topological polar surface area (TPSA) is 101 Å². The SMILES string of the molecule is CS(=O)(=O)c1ccc(S(=O)(=O)NCC(O)C2CC2)cc1. The zero-order valence-electron chi connectivity index (χ0n) is 11.0. The average Bonchev–Trinajstić information content (AvgIpc) is 3.19. The summed E-state index contributed by atoms with van der Waals surface area (Å²) in [6, 6.07) is 4.98. The second-order valence-electron chi connectivity index (χ2n) is 5.00. The molecule has 2 N–H and O–H groups in total. The maximum Gasteiger partial charge on any atom is 0.240 e. The van der Waals surface area contributed by atoms with Gasteiger partial charge in [0, 0.05) is 12.8 Å². The van der Waals surface area contributed by atoms with Crippen LogP contribution in [0.4, 0.5) is 0 Å². The summed E-state index contributed by atoms with van der Waals surface area (Å²) in [5, 5.41) is 9.64. The Labute approximate surface area is 118 Å². The number of sulfone groups is 1. The summed E-state index contributed by atoms with van der Waals surface area (Å²) in [7, 11) is -7.08. The van der Waals surface area contributed by atoms with Crippen LogP contribution in [0.5, 0.6) is 0 Å². The van der Waals surface area contributed by atoms with E-state index in [0.29, 0.717) is 0 Å². The van der Waals surface area contributed by atoms with Crippen LogP contribution < -0.4 is 4.72 Å². The summed E-state index contributed by atoms with van der Waals surface area (Å²) in [4.78, 5) is 0.0439. The molecule has 1 saturated carbocycles. The van der Waals surface area contributed by atoms with E-state index in [1.807, 2.05) is 0 Å². The van der Waals surface area contributed by atoms with E-state index in [1.54, 1.807) is 0 Å². The normalized spacial score (nSPS) is 17.9. The molecule has 0 saturated heterocycles. The Kier molecular flexibility index (Phi) is 4.19. The van der Waals surface area contributed by atoms with Crippen LogP contribution in [0, 0.1) is 5.92 Å². The first-order valence-corrected chi connectivity index (χ1v) is 9.55. The van der Waals surface area contributed by atoms with Crippen molar-refractivity contribution in [1.29, 1.82) is 0 Å². The van der Waals surface area contributed by atoms with Crippen LogP contribution in [0.1, 0.15) is 12.8 Å². The summed E-state index contributed by atoms with van der Waals surface area (Å²) in [5.41, 5.74) is 0. The lowest BCUT2D eigenvalue weighted by Crippen LogP contribution is -2.33. The standard InChI is InChI=1S/C12H17NO5S2/c1-19(15,16)10-4-6-11(7-5-10)20(17,18)13-8-12(14)9-2-3-9/h4-7,9,12-14H,2-3,8H2,1H3. The molecule has 0 bridgehead atoms. The molecule has 1 fully saturated rings. The Morgan fingerprint density at radius 1 is 1.15 bits per heavy atom. The van der Waals surface area contributed by atoms with Gasteiger partial charge in [-0.05, 0) is 43.0 Å². The molecule has 6 nitrogen and oxygen atoms in total. The van der Waals surface area contributed by atoms with E-state index >= 15 is 0 Å². The van der Waals surface area contributed by atoms with Gasteiger partial charge in [-0.15, -0.1) is 0 Å². The van der Waals surface area contributed by atoms with Crippen molar-refractivity contribution < 1.29 is 21.9 Å². The van der Waals surface area contributed by atoms with Gasteiger partial charge in [0.15, 0.2) is 9.84 Å². The van der Waals surface area contributed by atoms with Gasteiger partial charge in [-0.25, -0.2) is 21.6 Å². The second kappa shape index (κ2) is 5.44. The number of nitrogens with one attached hydrogen (secondary N) is 1. The lowest BCUT2D eigenvalue weighted by Gasteiger charge is -2.11. The molecule has 1 aliphatic rings. The Hall–Kier alpha value is -0.960. The Morgan fingerprint density at radius 3 is 2.10 bits per heavy atom. The molecular weight excluding hydrogens is 302 g/mol. The first-order chi connectivity index (χ1) is 9.20. The molecule has 0 aliphatic heterocycles. The molecule has 0 spiro atoms. The van der Waals surface area contributed by atoms with E-state index < -0.39 is 26.0 Å². The fourth-order valence-electron chi connectivity index (χ4n) is 1.79. The predicted octanol–water partition coefficient (Wildman–Crippen LogP) is 0.139. The molecule has 20 heavy (non-hydrogen) atoms. The van der Waals surface area contributed by atoms with Gasteiger partial charge in [-0.3, -0.25) is 0 Å². The van der Waals surface area contributed by atoms with Crippen LogP contribution in [0.15, 0.2) is 34.1 Å². The molecule has 8 heteroatoms. The van der Waals surface area contributed by atoms with E-state index in [-0.39, 0.29) is 22.3 Å². The number of aliphatic hydroxyl groups excluding tert-OH is 1. The van der Waals surface area contributed by atoms with Gasteiger partial charge in [0.1, 0.15) is 0 Å². The first kappa shape index (κ1) is 15.4. The van der Waals surface area contributed by atoms with Crippen molar-refractivity contribution >= 4 is 19.9 Å². The average molecular weight is 319 g/mol. The highest BCUT2D eigenvalue weighted by Crippen LogP contribution is 2.32. The molecule has 0 radical (unpaired) electrons. The fourth-order valence-corrected chi connectivity index (χ4v) is 3.47. The van der Waals surface area contributed by atoms with Gasteiger partial charge in [-0.2, -0.15) is 0 Å². The van der Waals surface area contributed by atoms with Crippen molar-refractivity contribution in [3.8, 4) is 0 Å². The number of sulfonamides is 1.